The Morgan fingerprint density at radius 2 is 1.76 bits per heavy atom. The molecule has 2 heterocycles. The Morgan fingerprint density at radius 1 is 1.04 bits per heavy atom. The molecule has 1 aromatic carbocycles. The summed E-state index contributed by atoms with van der Waals surface area (Å²) in [4.78, 5) is 0.184. The minimum absolute atomic E-state index is 0.104. The maximum absolute atomic E-state index is 12.4. The molecule has 0 atom stereocenters. The van der Waals surface area contributed by atoms with Gasteiger partial charge in [0, 0.05) is 18.2 Å². The zero-order valence-electron chi connectivity index (χ0n) is 13.0. The SMILES string of the molecule is O=S(=O)(CCc1cn(CCF)nn1)c1ccc(-c2nncnn2)cc1. The number of rotatable bonds is 7. The van der Waals surface area contributed by atoms with Gasteiger partial charge in [0.15, 0.2) is 16.2 Å². The highest BCUT2D eigenvalue weighted by Crippen LogP contribution is 2.18. The quantitative estimate of drug-likeness (QED) is 0.596. The Balaban J connectivity index is 1.69. The lowest BCUT2D eigenvalue weighted by atomic mass is 10.2. The van der Waals surface area contributed by atoms with Crippen LogP contribution in [0.3, 0.4) is 0 Å². The van der Waals surface area contributed by atoms with Gasteiger partial charge in [0.05, 0.1) is 22.9 Å². The first-order chi connectivity index (χ1) is 12.1. The van der Waals surface area contributed by atoms with E-state index in [4.69, 9.17) is 0 Å². The van der Waals surface area contributed by atoms with E-state index in [1.54, 1.807) is 18.3 Å². The van der Waals surface area contributed by atoms with Crippen molar-refractivity contribution in [2.24, 2.45) is 0 Å². The molecule has 2 aromatic heterocycles. The molecule has 9 nitrogen and oxygen atoms in total. The molecule has 0 saturated heterocycles. The Kier molecular flexibility index (Phi) is 5.03. The van der Waals surface area contributed by atoms with E-state index in [0.717, 1.165) is 0 Å². The fraction of sp³-hybridized carbons (Fsp3) is 0.286. The molecule has 130 valence electrons. The monoisotopic (exact) mass is 363 g/mol. The molecule has 0 N–H and O–H groups in total. The van der Waals surface area contributed by atoms with Crippen LogP contribution in [-0.2, 0) is 22.8 Å². The third-order valence-corrected chi connectivity index (χ3v) is 5.14. The van der Waals surface area contributed by atoms with Crippen LogP contribution in [0.1, 0.15) is 5.69 Å². The van der Waals surface area contributed by atoms with Gasteiger partial charge in [-0.3, -0.25) is 0 Å². The predicted molar refractivity (Wildman–Crippen MR) is 84.8 cm³/mol. The summed E-state index contributed by atoms with van der Waals surface area (Å²) in [5.74, 6) is 0.196. The lowest BCUT2D eigenvalue weighted by molar-refractivity contribution is 0.422. The summed E-state index contributed by atoms with van der Waals surface area (Å²) in [6.45, 7) is -0.448. The van der Waals surface area contributed by atoms with Crippen molar-refractivity contribution in [1.82, 2.24) is 35.4 Å². The highest BCUT2D eigenvalue weighted by molar-refractivity contribution is 7.91. The van der Waals surface area contributed by atoms with Crippen molar-refractivity contribution in [2.75, 3.05) is 12.4 Å². The Hall–Kier alpha value is -2.82. The summed E-state index contributed by atoms with van der Waals surface area (Å²) in [6, 6.07) is 6.17. The molecule has 0 aliphatic carbocycles. The van der Waals surface area contributed by atoms with Crippen LogP contribution in [0.2, 0.25) is 0 Å². The molecule has 0 fully saturated rings. The zero-order valence-corrected chi connectivity index (χ0v) is 13.8. The van der Waals surface area contributed by atoms with Crippen molar-refractivity contribution >= 4 is 9.84 Å². The number of aromatic nitrogens is 7. The van der Waals surface area contributed by atoms with Crippen molar-refractivity contribution in [2.45, 2.75) is 17.9 Å². The van der Waals surface area contributed by atoms with E-state index in [1.165, 1.54) is 23.1 Å². The number of alkyl halides is 1. The topological polar surface area (TPSA) is 116 Å². The number of nitrogens with zero attached hydrogens (tertiary/aromatic N) is 7. The van der Waals surface area contributed by atoms with Gasteiger partial charge in [-0.1, -0.05) is 5.21 Å². The van der Waals surface area contributed by atoms with Crippen molar-refractivity contribution < 1.29 is 12.8 Å². The third kappa shape index (κ3) is 4.18. The number of hydrogen-bond donors (Lipinski definition) is 0. The van der Waals surface area contributed by atoms with E-state index in [-0.39, 0.29) is 23.6 Å². The first-order valence-corrected chi connectivity index (χ1v) is 9.02. The van der Waals surface area contributed by atoms with Gasteiger partial charge < -0.3 is 0 Å². The Labute approximate surface area is 142 Å². The Bertz CT molecular complexity index is 929. The zero-order chi connectivity index (χ0) is 17.7. The van der Waals surface area contributed by atoms with E-state index in [1.807, 2.05) is 0 Å². The molecular weight excluding hydrogens is 349 g/mol. The molecular formula is C14H14FN7O2S. The van der Waals surface area contributed by atoms with Crippen molar-refractivity contribution in [3.63, 3.8) is 0 Å². The molecule has 3 rings (SSSR count). The van der Waals surface area contributed by atoms with Gasteiger partial charge in [-0.2, -0.15) is 0 Å². The van der Waals surface area contributed by atoms with Crippen molar-refractivity contribution in [3.8, 4) is 11.4 Å². The number of benzene rings is 1. The van der Waals surface area contributed by atoms with Gasteiger partial charge >= 0.3 is 0 Å². The smallest absolute Gasteiger partial charge is 0.203 e. The molecule has 0 unspecified atom stereocenters. The van der Waals surface area contributed by atoms with Crippen molar-refractivity contribution in [1.29, 1.82) is 0 Å². The van der Waals surface area contributed by atoms with Gasteiger partial charge in [0.25, 0.3) is 0 Å². The van der Waals surface area contributed by atoms with Gasteiger partial charge in [-0.25, -0.2) is 17.5 Å². The molecule has 0 aliphatic rings. The molecule has 0 amide bonds. The van der Waals surface area contributed by atoms with E-state index in [9.17, 15) is 12.8 Å². The standard InChI is InChI=1S/C14H14FN7O2S/c15-6-7-22-9-12(18-21-22)5-8-25(23,24)13-3-1-11(2-4-13)14-19-16-10-17-20-14/h1-4,9-10H,5-8H2. The number of aryl methyl sites for hydroxylation is 2. The second-order valence-corrected chi connectivity index (χ2v) is 7.23. The minimum Gasteiger partial charge on any atom is -0.250 e. The number of halogens is 1. The second-order valence-electron chi connectivity index (χ2n) is 5.13. The summed E-state index contributed by atoms with van der Waals surface area (Å²) in [6.07, 6.45) is 2.96. The van der Waals surface area contributed by atoms with E-state index >= 15 is 0 Å². The average molecular weight is 363 g/mol. The molecule has 0 spiro atoms. The highest BCUT2D eigenvalue weighted by atomic mass is 32.2. The van der Waals surface area contributed by atoms with E-state index in [2.05, 4.69) is 30.7 Å². The number of sulfone groups is 1. The van der Waals surface area contributed by atoms with Gasteiger partial charge in [0.1, 0.15) is 6.67 Å². The van der Waals surface area contributed by atoms with Crippen LogP contribution >= 0.6 is 0 Å². The molecule has 25 heavy (non-hydrogen) atoms. The normalized spacial score (nSPS) is 11.6. The van der Waals surface area contributed by atoms with Gasteiger partial charge in [-0.05, 0) is 24.3 Å². The van der Waals surface area contributed by atoms with Crippen LogP contribution in [0.4, 0.5) is 4.39 Å². The lowest BCUT2D eigenvalue weighted by Gasteiger charge is -2.04. The molecule has 0 bridgehead atoms. The summed E-state index contributed by atoms with van der Waals surface area (Å²) >= 11 is 0. The molecule has 0 radical (unpaired) electrons. The van der Waals surface area contributed by atoms with Crippen molar-refractivity contribution in [3.05, 3.63) is 42.5 Å². The molecule has 11 heteroatoms. The molecule has 0 aliphatic heterocycles. The lowest BCUT2D eigenvalue weighted by Crippen LogP contribution is -2.09. The average Bonchev–Trinajstić information content (AvgIpc) is 3.09. The number of hydrogen-bond acceptors (Lipinski definition) is 8. The summed E-state index contributed by atoms with van der Waals surface area (Å²) in [5.41, 5.74) is 1.12. The fourth-order valence-electron chi connectivity index (χ4n) is 2.14. The first-order valence-electron chi connectivity index (χ1n) is 7.37. The van der Waals surface area contributed by atoms with Crippen LogP contribution in [-0.4, -0.2) is 56.2 Å². The third-order valence-electron chi connectivity index (χ3n) is 3.41. The first kappa shape index (κ1) is 17.0. The van der Waals surface area contributed by atoms with Gasteiger partial charge in [-0.15, -0.1) is 25.5 Å². The maximum Gasteiger partial charge on any atom is 0.203 e. The summed E-state index contributed by atoms with van der Waals surface area (Å²) < 4.78 is 38.4. The maximum atomic E-state index is 12.4. The fourth-order valence-corrected chi connectivity index (χ4v) is 3.40. The Morgan fingerprint density at radius 3 is 2.44 bits per heavy atom. The van der Waals surface area contributed by atoms with Crippen LogP contribution in [0.25, 0.3) is 11.4 Å². The largest absolute Gasteiger partial charge is 0.250 e. The molecule has 0 saturated carbocycles. The summed E-state index contributed by atoms with van der Waals surface area (Å²) in [5, 5.41) is 22.5. The minimum atomic E-state index is -3.48. The van der Waals surface area contributed by atoms with Crippen LogP contribution < -0.4 is 0 Å². The van der Waals surface area contributed by atoms with E-state index < -0.39 is 16.5 Å². The van der Waals surface area contributed by atoms with Gasteiger partial charge in [0.2, 0.25) is 5.82 Å². The predicted octanol–water partition coefficient (Wildman–Crippen LogP) is 0.511. The molecule has 3 aromatic rings. The highest BCUT2D eigenvalue weighted by Gasteiger charge is 2.16. The van der Waals surface area contributed by atoms with Crippen LogP contribution in [0.5, 0.6) is 0 Å². The summed E-state index contributed by atoms with van der Waals surface area (Å²) in [7, 11) is -3.48. The van der Waals surface area contributed by atoms with Crippen LogP contribution in [0.15, 0.2) is 41.7 Å². The van der Waals surface area contributed by atoms with E-state index in [0.29, 0.717) is 17.1 Å². The second kappa shape index (κ2) is 7.38. The van der Waals surface area contributed by atoms with Crippen LogP contribution in [0, 0.1) is 0 Å².